The molecule has 0 unspecified atom stereocenters. The predicted molar refractivity (Wildman–Crippen MR) is 119 cm³/mol. The monoisotopic (exact) mass is 512 g/mol. The van der Waals surface area contributed by atoms with Gasteiger partial charge >= 0.3 is 11.9 Å². The second kappa shape index (κ2) is 9.92. The second-order valence-corrected chi connectivity index (χ2v) is 9.29. The summed E-state index contributed by atoms with van der Waals surface area (Å²) in [6, 6.07) is 8.77. The van der Waals surface area contributed by atoms with Gasteiger partial charge in [0.25, 0.3) is 0 Å². The third-order valence-corrected chi connectivity index (χ3v) is 6.21. The van der Waals surface area contributed by atoms with Gasteiger partial charge in [-0.1, -0.05) is 15.9 Å². The van der Waals surface area contributed by atoms with E-state index in [1.54, 1.807) is 25.1 Å². The quantitative estimate of drug-likeness (QED) is 0.566. The van der Waals surface area contributed by atoms with Crippen molar-refractivity contribution in [3.05, 3.63) is 57.6 Å². The van der Waals surface area contributed by atoms with E-state index >= 15 is 0 Å². The van der Waals surface area contributed by atoms with Gasteiger partial charge in [0.2, 0.25) is 15.9 Å². The molecule has 0 bridgehead atoms. The number of rotatable bonds is 7. The Balaban J connectivity index is 2.35. The van der Waals surface area contributed by atoms with Crippen molar-refractivity contribution in [2.75, 3.05) is 36.6 Å². The van der Waals surface area contributed by atoms with Crippen molar-refractivity contribution in [2.45, 2.75) is 6.92 Å². The summed E-state index contributed by atoms with van der Waals surface area (Å²) in [4.78, 5) is 36.4. The highest BCUT2D eigenvalue weighted by Crippen LogP contribution is 2.25. The second-order valence-electron chi connectivity index (χ2n) is 6.53. The zero-order chi connectivity index (χ0) is 23.3. The van der Waals surface area contributed by atoms with E-state index in [2.05, 4.69) is 30.7 Å². The first-order valence-corrected chi connectivity index (χ1v) is 11.5. The zero-order valence-corrected chi connectivity index (χ0v) is 19.7. The fourth-order valence-electron chi connectivity index (χ4n) is 2.69. The van der Waals surface area contributed by atoms with Gasteiger partial charge in [-0.25, -0.2) is 18.0 Å². The van der Waals surface area contributed by atoms with E-state index in [9.17, 15) is 22.8 Å². The largest absolute Gasteiger partial charge is 0.465 e. The Bertz CT molecular complexity index is 1100. The van der Waals surface area contributed by atoms with Crippen LogP contribution in [-0.2, 0) is 24.3 Å². The molecule has 0 aliphatic carbocycles. The lowest BCUT2D eigenvalue weighted by molar-refractivity contribution is -0.114. The molecule has 11 heteroatoms. The number of anilines is 2. The molecule has 0 saturated heterocycles. The van der Waals surface area contributed by atoms with Crippen LogP contribution in [0.3, 0.4) is 0 Å². The SMILES string of the molecule is COC(=O)c1cc(NC(=O)CN(c2ccc(Br)c(C)c2)S(C)(=O)=O)cc(C(=O)OC)c1. The lowest BCUT2D eigenvalue weighted by atomic mass is 10.1. The Morgan fingerprint density at radius 1 is 1.00 bits per heavy atom. The molecule has 2 aromatic carbocycles. The molecular weight excluding hydrogens is 492 g/mol. The van der Waals surface area contributed by atoms with Crippen LogP contribution in [0.5, 0.6) is 0 Å². The fourth-order valence-corrected chi connectivity index (χ4v) is 3.78. The van der Waals surface area contributed by atoms with Gasteiger partial charge in [-0.2, -0.15) is 0 Å². The maximum atomic E-state index is 12.6. The van der Waals surface area contributed by atoms with Crippen LogP contribution in [0, 0.1) is 6.92 Å². The highest BCUT2D eigenvalue weighted by atomic mass is 79.9. The summed E-state index contributed by atoms with van der Waals surface area (Å²) in [5.74, 6) is -2.11. The van der Waals surface area contributed by atoms with E-state index in [4.69, 9.17) is 0 Å². The first kappa shape index (κ1) is 24.4. The van der Waals surface area contributed by atoms with Crippen molar-refractivity contribution < 1.29 is 32.3 Å². The first-order chi connectivity index (χ1) is 14.5. The van der Waals surface area contributed by atoms with Crippen molar-refractivity contribution in [3.8, 4) is 0 Å². The van der Waals surface area contributed by atoms with E-state index in [1.165, 1.54) is 32.4 Å². The zero-order valence-electron chi connectivity index (χ0n) is 17.3. The van der Waals surface area contributed by atoms with Gasteiger partial charge in [0, 0.05) is 10.2 Å². The summed E-state index contributed by atoms with van der Waals surface area (Å²) < 4.78 is 35.6. The summed E-state index contributed by atoms with van der Waals surface area (Å²) in [7, 11) is -1.42. The molecule has 0 radical (unpaired) electrons. The number of carbonyl (C=O) groups is 3. The van der Waals surface area contributed by atoms with Gasteiger partial charge < -0.3 is 14.8 Å². The van der Waals surface area contributed by atoms with Crippen molar-refractivity contribution >= 4 is 55.2 Å². The van der Waals surface area contributed by atoms with Crippen LogP contribution in [0.2, 0.25) is 0 Å². The number of benzene rings is 2. The molecule has 0 aliphatic rings. The number of nitrogens with zero attached hydrogens (tertiary/aromatic N) is 1. The smallest absolute Gasteiger partial charge is 0.337 e. The molecule has 1 amide bonds. The minimum atomic E-state index is -3.78. The molecule has 0 saturated carbocycles. The van der Waals surface area contributed by atoms with Crippen LogP contribution in [-0.4, -0.2) is 53.3 Å². The van der Waals surface area contributed by atoms with E-state index in [0.717, 1.165) is 20.6 Å². The summed E-state index contributed by atoms with van der Waals surface area (Å²) in [5.41, 5.74) is 1.25. The summed E-state index contributed by atoms with van der Waals surface area (Å²) in [6.45, 7) is 1.27. The minimum absolute atomic E-state index is 0.0178. The van der Waals surface area contributed by atoms with Crippen LogP contribution in [0.4, 0.5) is 11.4 Å². The van der Waals surface area contributed by atoms with Crippen molar-refractivity contribution in [1.82, 2.24) is 0 Å². The van der Waals surface area contributed by atoms with Gasteiger partial charge in [-0.3, -0.25) is 9.10 Å². The van der Waals surface area contributed by atoms with Gasteiger partial charge in [0.05, 0.1) is 37.3 Å². The normalized spacial score (nSPS) is 10.9. The highest BCUT2D eigenvalue weighted by molar-refractivity contribution is 9.10. The summed E-state index contributed by atoms with van der Waals surface area (Å²) in [5, 5.41) is 2.51. The highest BCUT2D eigenvalue weighted by Gasteiger charge is 2.22. The van der Waals surface area contributed by atoms with Crippen LogP contribution in [0.25, 0.3) is 0 Å². The molecule has 9 nitrogen and oxygen atoms in total. The Morgan fingerprint density at radius 3 is 2.00 bits per heavy atom. The van der Waals surface area contributed by atoms with Crippen molar-refractivity contribution in [2.24, 2.45) is 0 Å². The van der Waals surface area contributed by atoms with Crippen LogP contribution in [0.1, 0.15) is 26.3 Å². The number of carbonyl (C=O) groups excluding carboxylic acids is 3. The average Bonchev–Trinajstić information content (AvgIpc) is 2.71. The Morgan fingerprint density at radius 2 is 1.55 bits per heavy atom. The molecule has 2 aromatic rings. The Kier molecular flexibility index (Phi) is 7.80. The fraction of sp³-hybridized carbons (Fsp3) is 0.250. The van der Waals surface area contributed by atoms with Gasteiger partial charge in [0.1, 0.15) is 6.54 Å². The maximum Gasteiger partial charge on any atom is 0.337 e. The number of ether oxygens (including phenoxy) is 2. The molecule has 0 spiro atoms. The number of hydrogen-bond donors (Lipinski definition) is 1. The molecule has 0 heterocycles. The standard InChI is InChI=1S/C20H21BrN2O7S/c1-12-7-16(5-6-17(12)21)23(31(4,27)28)11-18(24)22-15-9-13(19(25)29-2)8-14(10-15)20(26)30-3/h5-10H,11H2,1-4H3,(H,22,24). The number of aryl methyl sites for hydroxylation is 1. The molecule has 2 rings (SSSR count). The summed E-state index contributed by atoms with van der Waals surface area (Å²) >= 11 is 3.35. The van der Waals surface area contributed by atoms with E-state index in [1.807, 2.05) is 0 Å². The average molecular weight is 513 g/mol. The minimum Gasteiger partial charge on any atom is -0.465 e. The predicted octanol–water partition coefficient (Wildman–Crippen LogP) is 2.74. The number of sulfonamides is 1. The topological polar surface area (TPSA) is 119 Å². The van der Waals surface area contributed by atoms with Crippen molar-refractivity contribution in [3.63, 3.8) is 0 Å². The molecule has 31 heavy (non-hydrogen) atoms. The molecule has 0 fully saturated rings. The molecule has 166 valence electrons. The van der Waals surface area contributed by atoms with Crippen molar-refractivity contribution in [1.29, 1.82) is 0 Å². The van der Waals surface area contributed by atoms with E-state index in [-0.39, 0.29) is 16.8 Å². The van der Waals surface area contributed by atoms with Gasteiger partial charge in [-0.05, 0) is 48.9 Å². The number of hydrogen-bond acceptors (Lipinski definition) is 7. The number of amides is 1. The van der Waals surface area contributed by atoms with Gasteiger partial charge in [0.15, 0.2) is 0 Å². The Labute approximate surface area is 188 Å². The third-order valence-electron chi connectivity index (χ3n) is 4.18. The Hall–Kier alpha value is -2.92. The lowest BCUT2D eigenvalue weighted by Crippen LogP contribution is -2.37. The number of methoxy groups -OCH3 is 2. The van der Waals surface area contributed by atoms with Crippen LogP contribution >= 0.6 is 15.9 Å². The number of halogens is 1. The first-order valence-electron chi connectivity index (χ1n) is 8.81. The third kappa shape index (κ3) is 6.28. The molecule has 0 aliphatic heterocycles. The van der Waals surface area contributed by atoms with Gasteiger partial charge in [-0.15, -0.1) is 0 Å². The molecular formula is C20H21BrN2O7S. The molecule has 1 N–H and O–H groups in total. The molecule has 0 aromatic heterocycles. The summed E-state index contributed by atoms with van der Waals surface area (Å²) in [6.07, 6.45) is 0.991. The van der Waals surface area contributed by atoms with E-state index < -0.39 is 34.4 Å². The number of nitrogens with one attached hydrogen (secondary N) is 1. The van der Waals surface area contributed by atoms with Crippen LogP contribution in [0.15, 0.2) is 40.9 Å². The van der Waals surface area contributed by atoms with E-state index in [0.29, 0.717) is 5.69 Å². The molecule has 0 atom stereocenters. The lowest BCUT2D eigenvalue weighted by Gasteiger charge is -2.22. The maximum absolute atomic E-state index is 12.6. The number of esters is 2. The van der Waals surface area contributed by atoms with Crippen LogP contribution < -0.4 is 9.62 Å².